The molecule has 0 bridgehead atoms. The molecule has 0 spiro atoms. The molecule has 0 aromatic heterocycles. The van der Waals surface area contributed by atoms with Crippen molar-refractivity contribution in [3.8, 4) is 5.75 Å². The molecule has 0 saturated carbocycles. The molecule has 1 saturated heterocycles. The third-order valence-electron chi connectivity index (χ3n) is 3.78. The van der Waals surface area contributed by atoms with Crippen molar-refractivity contribution in [3.05, 3.63) is 71.0 Å². The van der Waals surface area contributed by atoms with Crippen molar-refractivity contribution >= 4 is 73.8 Å². The number of carbonyl (C=O) groups excluding carboxylic acids is 2. The molecule has 0 atom stereocenters. The van der Waals surface area contributed by atoms with E-state index in [1.807, 2.05) is 0 Å². The molecule has 11 heteroatoms. The van der Waals surface area contributed by atoms with Gasteiger partial charge in [-0.15, -0.1) is 0 Å². The Bertz CT molecular complexity index is 1060. The molecule has 0 radical (unpaired) electrons. The number of aromatic hydroxyl groups is 1. The van der Waals surface area contributed by atoms with E-state index in [1.165, 1.54) is 18.2 Å². The minimum atomic E-state index is -0.744. The average Bonchev–Trinajstić information content (AvgIpc) is 2.87. The number of nitro groups is 1. The molecule has 7 nitrogen and oxygen atoms in total. The fourth-order valence-corrected chi connectivity index (χ4v) is 4.21. The largest absolute Gasteiger partial charge is 0.502 e. The number of phenols is 1. The Morgan fingerprint density at radius 3 is 2.61 bits per heavy atom. The Morgan fingerprint density at radius 1 is 1.25 bits per heavy atom. The smallest absolute Gasteiger partial charge is 0.312 e. The number of benzene rings is 2. The Kier molecular flexibility index (Phi) is 5.99. The molecule has 3 rings (SSSR count). The van der Waals surface area contributed by atoms with E-state index in [9.17, 15) is 24.8 Å². The van der Waals surface area contributed by atoms with Crippen LogP contribution in [0.1, 0.15) is 11.1 Å². The molecule has 1 aliphatic heterocycles. The first-order valence-electron chi connectivity index (χ1n) is 7.53. The normalized spacial score (nSPS) is 15.5. The van der Waals surface area contributed by atoms with Gasteiger partial charge >= 0.3 is 5.69 Å². The number of carbonyl (C=O) groups is 2. The summed E-state index contributed by atoms with van der Waals surface area (Å²) < 4.78 is 0.343. The van der Waals surface area contributed by atoms with Crippen LogP contribution in [0.4, 0.5) is 10.5 Å². The van der Waals surface area contributed by atoms with E-state index < -0.39 is 27.5 Å². The number of amides is 2. The van der Waals surface area contributed by atoms with Crippen molar-refractivity contribution in [1.29, 1.82) is 0 Å². The number of hydrogen-bond donors (Lipinski definition) is 1. The van der Waals surface area contributed by atoms with Gasteiger partial charge in [-0.2, -0.15) is 0 Å². The standard InChI is InChI=1S/C17H9BrCl2N2O5S/c18-10-3-9(15(23)13(5-10)22(26)27)4-14-16(24)21(17(25)28-14)7-8-1-2-11(19)6-12(8)20/h1-6,23H,7H2/b14-4-. The number of nitro benzene ring substituents is 1. The van der Waals surface area contributed by atoms with E-state index in [2.05, 4.69) is 15.9 Å². The van der Waals surface area contributed by atoms with Crippen LogP contribution in [0.5, 0.6) is 5.75 Å². The zero-order valence-electron chi connectivity index (χ0n) is 13.7. The second-order valence-electron chi connectivity index (χ2n) is 5.62. The molecule has 0 aliphatic carbocycles. The van der Waals surface area contributed by atoms with Gasteiger partial charge in [-0.25, -0.2) is 0 Å². The highest BCUT2D eigenvalue weighted by atomic mass is 79.9. The third kappa shape index (κ3) is 4.17. The molecule has 1 N–H and O–H groups in total. The fourth-order valence-electron chi connectivity index (χ4n) is 2.45. The van der Waals surface area contributed by atoms with Gasteiger partial charge in [0.25, 0.3) is 11.1 Å². The lowest BCUT2D eigenvalue weighted by Crippen LogP contribution is -2.27. The van der Waals surface area contributed by atoms with Gasteiger partial charge in [0.05, 0.1) is 16.4 Å². The van der Waals surface area contributed by atoms with Gasteiger partial charge in [0.15, 0.2) is 0 Å². The van der Waals surface area contributed by atoms with Crippen molar-refractivity contribution in [2.45, 2.75) is 6.54 Å². The predicted octanol–water partition coefficient (Wildman–Crippen LogP) is 5.61. The van der Waals surface area contributed by atoms with E-state index in [0.29, 0.717) is 31.8 Å². The van der Waals surface area contributed by atoms with Crippen molar-refractivity contribution in [2.75, 3.05) is 0 Å². The van der Waals surface area contributed by atoms with Crippen LogP contribution in [-0.2, 0) is 11.3 Å². The Balaban J connectivity index is 1.92. The molecule has 1 aliphatic rings. The molecular weight excluding hydrogens is 495 g/mol. The van der Waals surface area contributed by atoms with Crippen LogP contribution >= 0.6 is 50.9 Å². The van der Waals surface area contributed by atoms with Crippen LogP contribution in [0.25, 0.3) is 6.08 Å². The Labute approximate surface area is 181 Å². The monoisotopic (exact) mass is 502 g/mol. The van der Waals surface area contributed by atoms with Crippen LogP contribution < -0.4 is 0 Å². The van der Waals surface area contributed by atoms with Crippen molar-refractivity contribution in [3.63, 3.8) is 0 Å². The second-order valence-corrected chi connectivity index (χ2v) is 8.38. The zero-order valence-corrected chi connectivity index (χ0v) is 17.6. The number of imide groups is 1. The minimum absolute atomic E-state index is 0.0257. The first-order valence-corrected chi connectivity index (χ1v) is 9.90. The number of nitrogens with zero attached hydrogens (tertiary/aromatic N) is 2. The molecule has 1 fully saturated rings. The van der Waals surface area contributed by atoms with Crippen LogP contribution in [0.15, 0.2) is 39.7 Å². The van der Waals surface area contributed by atoms with Crippen LogP contribution in [0.3, 0.4) is 0 Å². The van der Waals surface area contributed by atoms with Gasteiger partial charge in [-0.1, -0.05) is 45.2 Å². The maximum atomic E-state index is 12.6. The number of hydrogen-bond acceptors (Lipinski definition) is 6. The van der Waals surface area contributed by atoms with Gasteiger partial charge in [0, 0.05) is 26.1 Å². The zero-order chi connectivity index (χ0) is 20.6. The van der Waals surface area contributed by atoms with E-state index >= 15 is 0 Å². The Morgan fingerprint density at radius 2 is 1.96 bits per heavy atom. The van der Waals surface area contributed by atoms with Crippen molar-refractivity contribution < 1.29 is 19.6 Å². The highest BCUT2D eigenvalue weighted by molar-refractivity contribution is 9.10. The lowest BCUT2D eigenvalue weighted by molar-refractivity contribution is -0.385. The van der Waals surface area contributed by atoms with Gasteiger partial charge in [0.2, 0.25) is 5.75 Å². The minimum Gasteiger partial charge on any atom is -0.502 e. The van der Waals surface area contributed by atoms with E-state index in [1.54, 1.807) is 12.1 Å². The second kappa shape index (κ2) is 8.12. The van der Waals surface area contributed by atoms with Crippen LogP contribution in [0, 0.1) is 10.1 Å². The molecule has 2 aromatic rings. The first-order chi connectivity index (χ1) is 13.2. The summed E-state index contributed by atoms with van der Waals surface area (Å²) in [4.78, 5) is 36.2. The molecule has 0 unspecified atom stereocenters. The lowest BCUT2D eigenvalue weighted by Gasteiger charge is -2.13. The van der Waals surface area contributed by atoms with E-state index in [-0.39, 0.29) is 17.0 Å². The number of thioether (sulfide) groups is 1. The first kappa shape index (κ1) is 20.7. The molecule has 2 amide bonds. The summed E-state index contributed by atoms with van der Waals surface area (Å²) >= 11 is 15.7. The van der Waals surface area contributed by atoms with Gasteiger partial charge in [-0.3, -0.25) is 24.6 Å². The highest BCUT2D eigenvalue weighted by Gasteiger charge is 2.35. The van der Waals surface area contributed by atoms with Crippen LogP contribution in [-0.4, -0.2) is 26.1 Å². The van der Waals surface area contributed by atoms with Crippen molar-refractivity contribution in [1.82, 2.24) is 4.90 Å². The quantitative estimate of drug-likeness (QED) is 0.330. The summed E-state index contributed by atoms with van der Waals surface area (Å²) in [6, 6.07) is 7.26. The topological polar surface area (TPSA) is 101 Å². The van der Waals surface area contributed by atoms with Crippen molar-refractivity contribution in [2.24, 2.45) is 0 Å². The summed E-state index contributed by atoms with van der Waals surface area (Å²) in [5.74, 6) is -1.19. The van der Waals surface area contributed by atoms with Gasteiger partial charge in [0.1, 0.15) is 0 Å². The third-order valence-corrected chi connectivity index (χ3v) is 5.74. The highest BCUT2D eigenvalue weighted by Crippen LogP contribution is 2.39. The fraction of sp³-hybridized carbons (Fsp3) is 0.0588. The summed E-state index contributed by atoms with van der Waals surface area (Å²) in [6.07, 6.45) is 1.24. The van der Waals surface area contributed by atoms with Gasteiger partial charge in [-0.05, 0) is 41.6 Å². The average molecular weight is 504 g/mol. The SMILES string of the molecule is O=C1S/C(=C\c2cc(Br)cc([N+](=O)[O-])c2O)C(=O)N1Cc1ccc(Cl)cc1Cl. The molecular formula is C17H9BrCl2N2O5S. The van der Waals surface area contributed by atoms with E-state index in [0.717, 1.165) is 11.0 Å². The summed E-state index contributed by atoms with van der Waals surface area (Å²) in [7, 11) is 0. The molecule has 28 heavy (non-hydrogen) atoms. The number of rotatable bonds is 4. The summed E-state index contributed by atoms with van der Waals surface area (Å²) in [5, 5.41) is 21.4. The van der Waals surface area contributed by atoms with Crippen LogP contribution in [0.2, 0.25) is 10.0 Å². The summed E-state index contributed by atoms with van der Waals surface area (Å²) in [6.45, 7) is -0.0530. The van der Waals surface area contributed by atoms with Gasteiger partial charge < -0.3 is 5.11 Å². The molecule has 2 aromatic carbocycles. The lowest BCUT2D eigenvalue weighted by atomic mass is 10.1. The maximum absolute atomic E-state index is 12.6. The Hall–Kier alpha value is -2.07. The number of halogens is 3. The summed E-state index contributed by atoms with van der Waals surface area (Å²) in [5.41, 5.74) is 0.0551. The maximum Gasteiger partial charge on any atom is 0.312 e. The number of phenolic OH excluding ortho intramolecular Hbond substituents is 1. The van der Waals surface area contributed by atoms with E-state index in [4.69, 9.17) is 23.2 Å². The molecule has 1 heterocycles. The molecule has 144 valence electrons. The predicted molar refractivity (Wildman–Crippen MR) is 110 cm³/mol.